The summed E-state index contributed by atoms with van der Waals surface area (Å²) in [5.74, 6) is 0. The number of hydrogen-bond acceptors (Lipinski definition) is 2. The fraction of sp³-hybridized carbons (Fsp3) is 0.222. The molecule has 62 valence electrons. The van der Waals surface area contributed by atoms with Crippen LogP contribution in [-0.2, 0) is 0 Å². The van der Waals surface area contributed by atoms with Gasteiger partial charge in [0.25, 0.3) is 0 Å². The molecule has 0 saturated heterocycles. The lowest BCUT2D eigenvalue weighted by atomic mass is 10.2. The van der Waals surface area contributed by atoms with Gasteiger partial charge >= 0.3 is 0 Å². The third-order valence-corrected chi connectivity index (χ3v) is 1.87. The molecule has 0 aliphatic carbocycles. The van der Waals surface area contributed by atoms with Crippen LogP contribution in [0.1, 0.15) is 18.7 Å². The summed E-state index contributed by atoms with van der Waals surface area (Å²) < 4.78 is 1.89. The van der Waals surface area contributed by atoms with Crippen LogP contribution in [0.2, 0.25) is 0 Å². The maximum atomic E-state index is 9.33. The smallest absolute Gasteiger partial charge is 0.0996 e. The van der Waals surface area contributed by atoms with E-state index >= 15 is 0 Å². The Labute approximate surface area is 70.3 Å². The molecular formula is C9H10N2O. The minimum Gasteiger partial charge on any atom is -0.387 e. The molecule has 0 amide bonds. The first-order valence-electron chi connectivity index (χ1n) is 3.88. The van der Waals surface area contributed by atoms with E-state index in [9.17, 15) is 5.11 Å². The lowest BCUT2D eigenvalue weighted by molar-refractivity contribution is 0.196. The maximum absolute atomic E-state index is 9.33. The lowest BCUT2D eigenvalue weighted by Gasteiger charge is -1.99. The SMILES string of the molecule is CC(O)c1ncn2ccccc12. The number of imidazole rings is 1. The van der Waals surface area contributed by atoms with E-state index in [0.717, 1.165) is 11.2 Å². The van der Waals surface area contributed by atoms with Gasteiger partial charge in [0, 0.05) is 6.20 Å². The lowest BCUT2D eigenvalue weighted by Crippen LogP contribution is -1.91. The average Bonchev–Trinajstić information content (AvgIpc) is 2.47. The van der Waals surface area contributed by atoms with Gasteiger partial charge in [-0.05, 0) is 19.1 Å². The summed E-state index contributed by atoms with van der Waals surface area (Å²) in [6, 6.07) is 5.80. The molecule has 0 fully saturated rings. The first-order chi connectivity index (χ1) is 5.79. The van der Waals surface area contributed by atoms with Crippen molar-refractivity contribution in [1.29, 1.82) is 0 Å². The highest BCUT2D eigenvalue weighted by molar-refractivity contribution is 5.52. The molecule has 0 aliphatic rings. The molecule has 3 heteroatoms. The second-order valence-electron chi connectivity index (χ2n) is 2.80. The number of aliphatic hydroxyl groups is 1. The molecule has 2 aromatic rings. The van der Waals surface area contributed by atoms with Gasteiger partial charge in [-0.15, -0.1) is 0 Å². The van der Waals surface area contributed by atoms with Crippen LogP contribution in [0.5, 0.6) is 0 Å². The van der Waals surface area contributed by atoms with Crippen LogP contribution in [0, 0.1) is 0 Å². The van der Waals surface area contributed by atoms with Crippen molar-refractivity contribution in [2.24, 2.45) is 0 Å². The van der Waals surface area contributed by atoms with Crippen molar-refractivity contribution in [3.05, 3.63) is 36.4 Å². The van der Waals surface area contributed by atoms with Crippen molar-refractivity contribution in [2.75, 3.05) is 0 Å². The molecule has 2 aromatic heterocycles. The molecule has 0 saturated carbocycles. The zero-order valence-corrected chi connectivity index (χ0v) is 6.81. The third-order valence-electron chi connectivity index (χ3n) is 1.87. The number of aliphatic hydroxyl groups excluding tert-OH is 1. The fourth-order valence-electron chi connectivity index (χ4n) is 1.29. The number of rotatable bonds is 1. The molecule has 0 aliphatic heterocycles. The van der Waals surface area contributed by atoms with Crippen LogP contribution in [0.15, 0.2) is 30.7 Å². The number of hydrogen-bond donors (Lipinski definition) is 1. The number of fused-ring (bicyclic) bond motifs is 1. The Kier molecular flexibility index (Phi) is 1.59. The van der Waals surface area contributed by atoms with E-state index in [0.29, 0.717) is 0 Å². The van der Waals surface area contributed by atoms with Crippen molar-refractivity contribution >= 4 is 5.52 Å². The van der Waals surface area contributed by atoms with Crippen molar-refractivity contribution in [3.8, 4) is 0 Å². The average molecular weight is 162 g/mol. The van der Waals surface area contributed by atoms with E-state index in [4.69, 9.17) is 0 Å². The topological polar surface area (TPSA) is 37.5 Å². The molecule has 0 radical (unpaired) electrons. The van der Waals surface area contributed by atoms with Gasteiger partial charge in [0.05, 0.1) is 23.6 Å². The van der Waals surface area contributed by atoms with Gasteiger partial charge < -0.3 is 9.51 Å². The highest BCUT2D eigenvalue weighted by atomic mass is 16.3. The van der Waals surface area contributed by atoms with Gasteiger partial charge in [0.1, 0.15) is 0 Å². The molecule has 12 heavy (non-hydrogen) atoms. The normalized spacial score (nSPS) is 13.5. The van der Waals surface area contributed by atoms with Crippen molar-refractivity contribution < 1.29 is 5.11 Å². The second kappa shape index (κ2) is 2.60. The van der Waals surface area contributed by atoms with Crippen molar-refractivity contribution in [2.45, 2.75) is 13.0 Å². The quantitative estimate of drug-likeness (QED) is 0.688. The molecule has 0 spiro atoms. The fourth-order valence-corrected chi connectivity index (χ4v) is 1.29. The number of pyridine rings is 1. The van der Waals surface area contributed by atoms with E-state index < -0.39 is 6.10 Å². The van der Waals surface area contributed by atoms with Crippen molar-refractivity contribution in [3.63, 3.8) is 0 Å². The minimum absolute atomic E-state index is 0.502. The molecule has 1 N–H and O–H groups in total. The molecule has 1 atom stereocenters. The van der Waals surface area contributed by atoms with E-state index in [1.165, 1.54) is 0 Å². The van der Waals surface area contributed by atoms with Crippen LogP contribution in [0.25, 0.3) is 5.52 Å². The number of nitrogens with zero attached hydrogens (tertiary/aromatic N) is 2. The largest absolute Gasteiger partial charge is 0.387 e. The predicted octanol–water partition coefficient (Wildman–Crippen LogP) is 1.39. The van der Waals surface area contributed by atoms with E-state index in [-0.39, 0.29) is 0 Å². The summed E-state index contributed by atoms with van der Waals surface area (Å²) in [6.07, 6.45) is 3.11. The van der Waals surface area contributed by atoms with Gasteiger partial charge in [-0.25, -0.2) is 4.98 Å². The Morgan fingerprint density at radius 1 is 1.50 bits per heavy atom. The molecule has 0 bridgehead atoms. The maximum Gasteiger partial charge on any atom is 0.0996 e. The first-order valence-corrected chi connectivity index (χ1v) is 3.88. The minimum atomic E-state index is -0.502. The summed E-state index contributed by atoms with van der Waals surface area (Å²) in [5.41, 5.74) is 1.70. The van der Waals surface area contributed by atoms with Gasteiger partial charge in [0.2, 0.25) is 0 Å². The van der Waals surface area contributed by atoms with Gasteiger partial charge in [-0.1, -0.05) is 6.07 Å². The molecule has 2 heterocycles. The summed E-state index contributed by atoms with van der Waals surface area (Å²) in [6.45, 7) is 1.72. The van der Waals surface area contributed by atoms with E-state index in [1.807, 2.05) is 28.8 Å². The zero-order chi connectivity index (χ0) is 8.55. The molecule has 0 aromatic carbocycles. The predicted molar refractivity (Wildman–Crippen MR) is 45.8 cm³/mol. The summed E-state index contributed by atoms with van der Waals surface area (Å²) in [7, 11) is 0. The standard InChI is InChI=1S/C9H10N2O/c1-7(12)9-8-4-2-3-5-11(8)6-10-9/h2-7,12H,1H3. The molecule has 2 rings (SSSR count). The Morgan fingerprint density at radius 2 is 2.33 bits per heavy atom. The summed E-state index contributed by atoms with van der Waals surface area (Å²) in [5, 5.41) is 9.33. The Morgan fingerprint density at radius 3 is 3.08 bits per heavy atom. The van der Waals surface area contributed by atoms with Gasteiger partial charge in [-0.3, -0.25) is 0 Å². The van der Waals surface area contributed by atoms with Crippen LogP contribution in [0.4, 0.5) is 0 Å². The molecular weight excluding hydrogens is 152 g/mol. The highest BCUT2D eigenvalue weighted by Crippen LogP contribution is 2.15. The van der Waals surface area contributed by atoms with E-state index in [2.05, 4.69) is 4.98 Å². The Balaban J connectivity index is 2.70. The first kappa shape index (κ1) is 7.31. The molecule has 3 nitrogen and oxygen atoms in total. The van der Waals surface area contributed by atoms with Gasteiger partial charge in [0.15, 0.2) is 0 Å². The van der Waals surface area contributed by atoms with Crippen LogP contribution in [0.3, 0.4) is 0 Å². The number of aromatic nitrogens is 2. The third kappa shape index (κ3) is 0.987. The van der Waals surface area contributed by atoms with Crippen LogP contribution in [-0.4, -0.2) is 14.5 Å². The van der Waals surface area contributed by atoms with Gasteiger partial charge in [-0.2, -0.15) is 0 Å². The summed E-state index contributed by atoms with van der Waals surface area (Å²) in [4.78, 5) is 4.11. The Hall–Kier alpha value is -1.35. The molecule has 1 unspecified atom stereocenters. The second-order valence-corrected chi connectivity index (χ2v) is 2.80. The zero-order valence-electron chi connectivity index (χ0n) is 6.81. The van der Waals surface area contributed by atoms with E-state index in [1.54, 1.807) is 13.3 Å². The summed E-state index contributed by atoms with van der Waals surface area (Å²) >= 11 is 0. The van der Waals surface area contributed by atoms with Crippen LogP contribution < -0.4 is 0 Å². The van der Waals surface area contributed by atoms with Crippen molar-refractivity contribution in [1.82, 2.24) is 9.38 Å². The highest BCUT2D eigenvalue weighted by Gasteiger charge is 2.07. The monoisotopic (exact) mass is 162 g/mol. The van der Waals surface area contributed by atoms with Crippen LogP contribution >= 0.6 is 0 Å². The Bertz CT molecular complexity index is 392.